The van der Waals surface area contributed by atoms with Gasteiger partial charge in [0.15, 0.2) is 0 Å². The minimum Gasteiger partial charge on any atom is -0.436 e. The third-order valence-electron chi connectivity index (χ3n) is 2.77. The molecule has 1 heterocycles. The molecule has 0 fully saturated rings. The predicted molar refractivity (Wildman–Crippen MR) is 76.7 cm³/mol. The minimum atomic E-state index is -0.654. The van der Waals surface area contributed by atoms with Crippen LogP contribution >= 0.6 is 0 Å². The van der Waals surface area contributed by atoms with Gasteiger partial charge < -0.3 is 10.1 Å². The van der Waals surface area contributed by atoms with Crippen molar-refractivity contribution in [3.63, 3.8) is 0 Å². The molecule has 0 aliphatic heterocycles. The van der Waals surface area contributed by atoms with Gasteiger partial charge >= 0.3 is 0 Å². The standard InChI is InChI=1S/C15H15FN4O/c1-3-6-18-15-19-9-12(16)14(20-15)21-13-7-11(8-17)5-4-10(13)2/h4-5,7,9H,3,6H2,1-2H3,(H,18,19,20). The van der Waals surface area contributed by atoms with Crippen LogP contribution in [0.2, 0.25) is 0 Å². The number of benzene rings is 1. The lowest BCUT2D eigenvalue weighted by Crippen LogP contribution is -2.06. The zero-order valence-corrected chi connectivity index (χ0v) is 11.9. The molecule has 1 N–H and O–H groups in total. The number of nitriles is 1. The molecule has 0 saturated carbocycles. The van der Waals surface area contributed by atoms with Crippen molar-refractivity contribution in [2.75, 3.05) is 11.9 Å². The summed E-state index contributed by atoms with van der Waals surface area (Å²) in [7, 11) is 0. The normalized spacial score (nSPS) is 10.0. The minimum absolute atomic E-state index is 0.165. The smallest absolute Gasteiger partial charge is 0.260 e. The largest absolute Gasteiger partial charge is 0.436 e. The fraction of sp³-hybridized carbons (Fsp3) is 0.267. The average molecular weight is 286 g/mol. The van der Waals surface area contributed by atoms with E-state index in [1.807, 2.05) is 19.9 Å². The highest BCUT2D eigenvalue weighted by atomic mass is 19.1. The summed E-state index contributed by atoms with van der Waals surface area (Å²) in [6.07, 6.45) is 1.96. The van der Waals surface area contributed by atoms with Crippen LogP contribution in [0.25, 0.3) is 0 Å². The highest BCUT2D eigenvalue weighted by Gasteiger charge is 2.11. The van der Waals surface area contributed by atoms with E-state index in [1.165, 1.54) is 0 Å². The number of nitrogens with zero attached hydrogens (tertiary/aromatic N) is 3. The predicted octanol–water partition coefficient (Wildman–Crippen LogP) is 3.41. The zero-order valence-electron chi connectivity index (χ0n) is 11.9. The molecular formula is C15H15FN4O. The van der Waals surface area contributed by atoms with Gasteiger partial charge in [-0.05, 0) is 31.0 Å². The fourth-order valence-electron chi connectivity index (χ4n) is 1.63. The van der Waals surface area contributed by atoms with E-state index < -0.39 is 5.82 Å². The number of hydrogen-bond donors (Lipinski definition) is 1. The van der Waals surface area contributed by atoms with Crippen LogP contribution in [-0.2, 0) is 0 Å². The molecule has 0 saturated heterocycles. The number of anilines is 1. The van der Waals surface area contributed by atoms with Crippen molar-refractivity contribution in [3.8, 4) is 17.7 Å². The second kappa shape index (κ2) is 6.66. The van der Waals surface area contributed by atoms with Crippen molar-refractivity contribution < 1.29 is 9.13 Å². The van der Waals surface area contributed by atoms with Gasteiger partial charge in [-0.25, -0.2) is 4.98 Å². The van der Waals surface area contributed by atoms with Crippen LogP contribution in [0.4, 0.5) is 10.3 Å². The quantitative estimate of drug-likeness (QED) is 0.912. The summed E-state index contributed by atoms with van der Waals surface area (Å²) < 4.78 is 19.2. The van der Waals surface area contributed by atoms with Crippen LogP contribution < -0.4 is 10.1 Å². The Kier molecular flexibility index (Phi) is 4.67. The number of aryl methyl sites for hydroxylation is 1. The molecule has 0 atom stereocenters. The number of nitrogens with one attached hydrogen (secondary N) is 1. The van der Waals surface area contributed by atoms with Gasteiger partial charge in [-0.3, -0.25) is 0 Å². The molecule has 108 valence electrons. The second-order valence-electron chi connectivity index (χ2n) is 4.47. The molecule has 0 aliphatic carbocycles. The summed E-state index contributed by atoms with van der Waals surface area (Å²) >= 11 is 0. The molecule has 6 heteroatoms. The van der Waals surface area contributed by atoms with Gasteiger partial charge in [0.25, 0.3) is 5.88 Å². The SMILES string of the molecule is CCCNc1ncc(F)c(Oc2cc(C#N)ccc2C)n1. The van der Waals surface area contributed by atoms with Gasteiger partial charge in [-0.1, -0.05) is 13.0 Å². The van der Waals surface area contributed by atoms with E-state index in [4.69, 9.17) is 10.00 Å². The van der Waals surface area contributed by atoms with E-state index in [0.717, 1.165) is 18.2 Å². The third kappa shape index (κ3) is 3.66. The Hall–Kier alpha value is -2.68. The topological polar surface area (TPSA) is 70.8 Å². The molecule has 0 aliphatic rings. The molecule has 5 nitrogen and oxygen atoms in total. The molecule has 0 unspecified atom stereocenters. The fourth-order valence-corrected chi connectivity index (χ4v) is 1.63. The summed E-state index contributed by atoms with van der Waals surface area (Å²) in [6.45, 7) is 4.50. The van der Waals surface area contributed by atoms with E-state index in [0.29, 0.717) is 23.8 Å². The van der Waals surface area contributed by atoms with E-state index in [2.05, 4.69) is 15.3 Å². The lowest BCUT2D eigenvalue weighted by Gasteiger charge is -2.10. The summed E-state index contributed by atoms with van der Waals surface area (Å²) in [6, 6.07) is 6.98. The Bertz CT molecular complexity index is 682. The van der Waals surface area contributed by atoms with Gasteiger partial charge in [-0.2, -0.15) is 14.6 Å². The third-order valence-corrected chi connectivity index (χ3v) is 2.77. The Morgan fingerprint density at radius 1 is 1.43 bits per heavy atom. The molecule has 0 amide bonds. The molecular weight excluding hydrogens is 271 g/mol. The maximum atomic E-state index is 13.7. The van der Waals surface area contributed by atoms with E-state index in [9.17, 15) is 4.39 Å². The maximum absolute atomic E-state index is 13.7. The monoisotopic (exact) mass is 286 g/mol. The number of rotatable bonds is 5. The highest BCUT2D eigenvalue weighted by molar-refractivity contribution is 5.43. The van der Waals surface area contributed by atoms with Gasteiger partial charge in [-0.15, -0.1) is 0 Å². The maximum Gasteiger partial charge on any atom is 0.260 e. The van der Waals surface area contributed by atoms with Crippen LogP contribution in [0.1, 0.15) is 24.5 Å². The first-order valence-corrected chi connectivity index (χ1v) is 6.59. The van der Waals surface area contributed by atoms with Gasteiger partial charge in [0.05, 0.1) is 17.8 Å². The Morgan fingerprint density at radius 3 is 2.95 bits per heavy atom. The van der Waals surface area contributed by atoms with E-state index >= 15 is 0 Å². The van der Waals surface area contributed by atoms with Crippen LogP contribution in [0.3, 0.4) is 0 Å². The first-order valence-electron chi connectivity index (χ1n) is 6.59. The Morgan fingerprint density at radius 2 is 2.24 bits per heavy atom. The van der Waals surface area contributed by atoms with Gasteiger partial charge in [0, 0.05) is 6.54 Å². The van der Waals surface area contributed by atoms with Gasteiger partial charge in [0.1, 0.15) is 5.75 Å². The molecule has 21 heavy (non-hydrogen) atoms. The first-order chi connectivity index (χ1) is 10.1. The van der Waals surface area contributed by atoms with Crippen LogP contribution in [0.15, 0.2) is 24.4 Å². The molecule has 0 spiro atoms. The van der Waals surface area contributed by atoms with E-state index in [1.54, 1.807) is 18.2 Å². The Labute approximate surface area is 122 Å². The molecule has 1 aromatic carbocycles. The summed E-state index contributed by atoms with van der Waals surface area (Å²) in [4.78, 5) is 7.84. The van der Waals surface area contributed by atoms with Crippen molar-refractivity contribution in [2.45, 2.75) is 20.3 Å². The molecule has 2 rings (SSSR count). The number of ether oxygens (including phenoxy) is 1. The van der Waals surface area contributed by atoms with Crippen molar-refractivity contribution in [1.29, 1.82) is 5.26 Å². The van der Waals surface area contributed by atoms with Crippen molar-refractivity contribution >= 4 is 5.95 Å². The molecule has 0 bridgehead atoms. The number of aromatic nitrogens is 2. The molecule has 0 radical (unpaired) electrons. The zero-order chi connectivity index (χ0) is 15.2. The van der Waals surface area contributed by atoms with Crippen molar-refractivity contribution in [3.05, 3.63) is 41.3 Å². The first kappa shape index (κ1) is 14.7. The number of hydrogen-bond acceptors (Lipinski definition) is 5. The lowest BCUT2D eigenvalue weighted by atomic mass is 10.1. The Balaban J connectivity index is 2.28. The summed E-state index contributed by atoms with van der Waals surface area (Å²) in [5, 5.41) is 11.9. The number of halogens is 1. The van der Waals surface area contributed by atoms with Crippen molar-refractivity contribution in [1.82, 2.24) is 9.97 Å². The van der Waals surface area contributed by atoms with Crippen LogP contribution in [0.5, 0.6) is 11.6 Å². The summed E-state index contributed by atoms with van der Waals surface area (Å²) in [5.74, 6) is -0.115. The summed E-state index contributed by atoms with van der Waals surface area (Å²) in [5.41, 5.74) is 1.23. The van der Waals surface area contributed by atoms with Crippen molar-refractivity contribution in [2.24, 2.45) is 0 Å². The average Bonchev–Trinajstić information content (AvgIpc) is 2.50. The van der Waals surface area contributed by atoms with E-state index in [-0.39, 0.29) is 5.88 Å². The lowest BCUT2D eigenvalue weighted by molar-refractivity contribution is 0.418. The van der Waals surface area contributed by atoms with Crippen LogP contribution in [-0.4, -0.2) is 16.5 Å². The molecule has 2 aromatic rings. The second-order valence-corrected chi connectivity index (χ2v) is 4.47. The molecule has 1 aromatic heterocycles. The van der Waals surface area contributed by atoms with Crippen LogP contribution in [0, 0.1) is 24.1 Å². The van der Waals surface area contributed by atoms with Gasteiger partial charge in [0.2, 0.25) is 11.8 Å². The highest BCUT2D eigenvalue weighted by Crippen LogP contribution is 2.26.